The molecule has 2 fully saturated rings. The second-order valence-corrected chi connectivity index (χ2v) is 9.80. The van der Waals surface area contributed by atoms with E-state index < -0.39 is 17.9 Å². The second kappa shape index (κ2) is 11.5. The topological polar surface area (TPSA) is 62.2 Å². The van der Waals surface area contributed by atoms with Crippen LogP contribution in [-0.4, -0.2) is 64.6 Å². The van der Waals surface area contributed by atoms with E-state index in [2.05, 4.69) is 18.7 Å². The number of hydrogen-bond acceptors (Lipinski definition) is 5. The third-order valence-corrected chi connectivity index (χ3v) is 7.14. The van der Waals surface area contributed by atoms with Crippen LogP contribution in [0.3, 0.4) is 0 Å². The highest BCUT2D eigenvalue weighted by Crippen LogP contribution is 2.40. The Labute approximate surface area is 193 Å². The second-order valence-electron chi connectivity index (χ2n) is 9.80. The van der Waals surface area contributed by atoms with Crippen LogP contribution in [0.2, 0.25) is 0 Å². The number of aliphatic hydroxyl groups excluding tert-OH is 1. The molecule has 1 aliphatic carbocycles. The molecule has 180 valence electrons. The third kappa shape index (κ3) is 6.24. The van der Waals surface area contributed by atoms with Gasteiger partial charge in [0.2, 0.25) is 0 Å². The lowest BCUT2D eigenvalue weighted by molar-refractivity contribution is -0.103. The molecule has 0 radical (unpaired) electrons. The fourth-order valence-corrected chi connectivity index (χ4v) is 5.35. The van der Waals surface area contributed by atoms with E-state index in [-0.39, 0.29) is 18.7 Å². The summed E-state index contributed by atoms with van der Waals surface area (Å²) in [6.45, 7) is 10.5. The number of likely N-dealkylation sites (N-methyl/N-ethyl adjacent to an activating group) is 1. The predicted octanol–water partition coefficient (Wildman–Crippen LogP) is 4.80. The van der Waals surface area contributed by atoms with Gasteiger partial charge in [-0.2, -0.15) is 0 Å². The van der Waals surface area contributed by atoms with Crippen molar-refractivity contribution in [3.63, 3.8) is 0 Å². The molecule has 32 heavy (non-hydrogen) atoms. The van der Waals surface area contributed by atoms with Crippen molar-refractivity contribution < 1.29 is 19.4 Å². The molecule has 1 aromatic carbocycles. The Morgan fingerprint density at radius 2 is 1.84 bits per heavy atom. The zero-order valence-electron chi connectivity index (χ0n) is 20.3. The Morgan fingerprint density at radius 3 is 2.47 bits per heavy atom. The molecule has 0 spiro atoms. The van der Waals surface area contributed by atoms with Gasteiger partial charge in [-0.1, -0.05) is 76.3 Å². The average Bonchev–Trinajstić information content (AvgIpc) is 3.07. The van der Waals surface area contributed by atoms with Crippen LogP contribution in [0.5, 0.6) is 0 Å². The summed E-state index contributed by atoms with van der Waals surface area (Å²) in [7, 11) is 0. The lowest BCUT2D eigenvalue weighted by Gasteiger charge is -2.35. The van der Waals surface area contributed by atoms with Gasteiger partial charge in [-0.05, 0) is 44.8 Å². The van der Waals surface area contributed by atoms with E-state index in [1.165, 1.54) is 32.1 Å². The molecular weight excluding hydrogens is 404 g/mol. The first-order valence-corrected chi connectivity index (χ1v) is 12.4. The van der Waals surface area contributed by atoms with Gasteiger partial charge >= 0.3 is 6.09 Å². The molecule has 3 atom stereocenters. The summed E-state index contributed by atoms with van der Waals surface area (Å²) in [5, 5.41) is 11.2. The Morgan fingerprint density at radius 1 is 1.19 bits per heavy atom. The number of rotatable bonds is 9. The molecule has 6 heteroatoms. The molecule has 0 bridgehead atoms. The highest BCUT2D eigenvalue weighted by molar-refractivity contribution is 5.69. The largest absolute Gasteiger partial charge is 0.444 e. The highest BCUT2D eigenvalue weighted by Gasteiger charge is 2.53. The van der Waals surface area contributed by atoms with Gasteiger partial charge in [0.1, 0.15) is 18.4 Å². The molecule has 1 saturated carbocycles. The number of ether oxygens (including phenoxy) is 2. The van der Waals surface area contributed by atoms with Gasteiger partial charge in [-0.3, -0.25) is 4.90 Å². The molecule has 1 saturated heterocycles. The van der Waals surface area contributed by atoms with Gasteiger partial charge in [0.05, 0.1) is 12.1 Å². The van der Waals surface area contributed by atoms with Gasteiger partial charge in [0.15, 0.2) is 0 Å². The zero-order valence-corrected chi connectivity index (χ0v) is 20.3. The van der Waals surface area contributed by atoms with Crippen LogP contribution in [0.1, 0.15) is 71.8 Å². The number of carbonyl (C=O) groups excluding carboxylic acids is 1. The van der Waals surface area contributed by atoms with Crippen LogP contribution >= 0.6 is 0 Å². The van der Waals surface area contributed by atoms with E-state index in [0.29, 0.717) is 12.5 Å². The maximum atomic E-state index is 13.3. The van der Waals surface area contributed by atoms with Gasteiger partial charge in [-0.15, -0.1) is 0 Å². The van der Waals surface area contributed by atoms with E-state index in [9.17, 15) is 9.90 Å². The fourth-order valence-electron chi connectivity index (χ4n) is 5.35. The quantitative estimate of drug-likeness (QED) is 0.590. The molecule has 0 unspecified atom stereocenters. The van der Waals surface area contributed by atoms with Crippen LogP contribution in [0.25, 0.3) is 0 Å². The highest BCUT2D eigenvalue weighted by atomic mass is 16.6. The Bertz CT molecular complexity index is 701. The summed E-state index contributed by atoms with van der Waals surface area (Å²) in [4.78, 5) is 17.3. The molecule has 1 aromatic rings. The van der Waals surface area contributed by atoms with Crippen molar-refractivity contribution >= 4 is 6.09 Å². The van der Waals surface area contributed by atoms with Gasteiger partial charge in [0.25, 0.3) is 0 Å². The van der Waals surface area contributed by atoms with E-state index >= 15 is 0 Å². The Hall–Kier alpha value is -1.63. The number of amides is 1. The average molecular weight is 447 g/mol. The summed E-state index contributed by atoms with van der Waals surface area (Å²) in [5.41, 5.74) is 0.128. The molecular formula is C26H42N2O4. The summed E-state index contributed by atoms with van der Waals surface area (Å²) >= 11 is 0. The molecule has 0 aromatic heterocycles. The normalized spacial score (nSPS) is 24.6. The standard InChI is InChI=1S/C26H42N2O4/c1-5-27(6-2)18-23(29)24-22(17-20-13-9-7-10-14-20)28(26(3,4)32-24)25(30)31-19-21-15-11-8-12-16-21/h8,11-12,15-16,20,22-24,29H,5-7,9-10,13-14,17-19H2,1-4H3/t22-,23+,24-/m0/s1. The SMILES string of the molecule is CCN(CC)C[C@@H](O)[C@H]1OC(C)(C)N(C(=O)OCc2ccccc2)[C@H]1CC1CCCCC1. The maximum Gasteiger partial charge on any atom is 0.412 e. The third-order valence-electron chi connectivity index (χ3n) is 7.14. The van der Waals surface area contributed by atoms with E-state index in [4.69, 9.17) is 9.47 Å². The van der Waals surface area contributed by atoms with Crippen molar-refractivity contribution in [2.24, 2.45) is 5.92 Å². The summed E-state index contributed by atoms with van der Waals surface area (Å²) in [5.74, 6) is 0.554. The number of aliphatic hydroxyl groups is 1. The Balaban J connectivity index is 1.78. The van der Waals surface area contributed by atoms with Crippen LogP contribution in [-0.2, 0) is 16.1 Å². The molecule has 2 aliphatic rings. The smallest absolute Gasteiger partial charge is 0.412 e. The minimum absolute atomic E-state index is 0.193. The van der Waals surface area contributed by atoms with E-state index in [1.54, 1.807) is 4.90 Å². The predicted molar refractivity (Wildman–Crippen MR) is 126 cm³/mol. The molecule has 1 heterocycles. The molecule has 3 rings (SSSR count). The van der Waals surface area contributed by atoms with Crippen molar-refractivity contribution in [3.05, 3.63) is 35.9 Å². The summed E-state index contributed by atoms with van der Waals surface area (Å²) < 4.78 is 12.1. The van der Waals surface area contributed by atoms with Crippen LogP contribution in [0, 0.1) is 5.92 Å². The first-order chi connectivity index (χ1) is 15.4. The lowest BCUT2D eigenvalue weighted by Crippen LogP contribution is -2.51. The molecule has 1 amide bonds. The first kappa shape index (κ1) is 25.0. The zero-order chi connectivity index (χ0) is 23.1. The maximum absolute atomic E-state index is 13.3. The Kier molecular flexibility index (Phi) is 8.97. The van der Waals surface area contributed by atoms with E-state index in [1.807, 2.05) is 44.2 Å². The van der Waals surface area contributed by atoms with E-state index in [0.717, 1.165) is 25.1 Å². The van der Waals surface area contributed by atoms with Gasteiger partial charge in [-0.25, -0.2) is 4.79 Å². The lowest BCUT2D eigenvalue weighted by atomic mass is 9.82. The van der Waals surface area contributed by atoms with Crippen LogP contribution < -0.4 is 0 Å². The van der Waals surface area contributed by atoms with Gasteiger partial charge < -0.3 is 19.5 Å². The summed E-state index contributed by atoms with van der Waals surface area (Å²) in [6, 6.07) is 9.55. The van der Waals surface area contributed by atoms with Crippen molar-refractivity contribution in [2.75, 3.05) is 19.6 Å². The van der Waals surface area contributed by atoms with Crippen molar-refractivity contribution in [3.8, 4) is 0 Å². The van der Waals surface area contributed by atoms with Crippen LogP contribution in [0.4, 0.5) is 4.79 Å². The van der Waals surface area contributed by atoms with Gasteiger partial charge in [0, 0.05) is 6.54 Å². The van der Waals surface area contributed by atoms with Crippen molar-refractivity contribution in [1.29, 1.82) is 0 Å². The number of benzene rings is 1. The molecule has 1 aliphatic heterocycles. The number of carbonyl (C=O) groups is 1. The number of nitrogens with zero attached hydrogens (tertiary/aromatic N) is 2. The van der Waals surface area contributed by atoms with Crippen molar-refractivity contribution in [1.82, 2.24) is 9.80 Å². The van der Waals surface area contributed by atoms with Crippen LogP contribution in [0.15, 0.2) is 30.3 Å². The number of hydrogen-bond donors (Lipinski definition) is 1. The summed E-state index contributed by atoms with van der Waals surface area (Å²) in [6.07, 6.45) is 5.55. The first-order valence-electron chi connectivity index (χ1n) is 12.4. The molecule has 1 N–H and O–H groups in total. The minimum Gasteiger partial charge on any atom is -0.444 e. The van der Waals surface area contributed by atoms with Crippen molar-refractivity contribution in [2.45, 2.75) is 96.8 Å². The molecule has 6 nitrogen and oxygen atoms in total. The minimum atomic E-state index is -0.831. The fraction of sp³-hybridized carbons (Fsp3) is 0.731. The monoisotopic (exact) mass is 446 g/mol.